The number of anilines is 1. The fourth-order valence-corrected chi connectivity index (χ4v) is 1.78. The molecule has 1 aromatic carbocycles. The molecule has 0 unspecified atom stereocenters. The van der Waals surface area contributed by atoms with Crippen molar-refractivity contribution in [2.45, 2.75) is 32.3 Å². The van der Waals surface area contributed by atoms with Crippen LogP contribution in [0.3, 0.4) is 0 Å². The standard InChI is InChI=1S/C15H19F2NO6/c1-14(2,3)24-13(21)18-9-6-8(15(16,17)12(19)20)7-10(22-4)11(9)23-5/h6-7H,1-5H3,(H,18,21)(H,19,20). The molecule has 0 saturated carbocycles. The minimum absolute atomic E-state index is 0.0479. The van der Waals surface area contributed by atoms with Gasteiger partial charge in [0.15, 0.2) is 11.5 Å². The van der Waals surface area contributed by atoms with Crippen molar-refractivity contribution in [1.29, 1.82) is 0 Å². The lowest BCUT2D eigenvalue weighted by atomic mass is 10.1. The number of rotatable bonds is 5. The van der Waals surface area contributed by atoms with Crippen LogP contribution < -0.4 is 14.8 Å². The molecule has 0 saturated heterocycles. The van der Waals surface area contributed by atoms with Crippen LogP contribution in [-0.2, 0) is 15.5 Å². The van der Waals surface area contributed by atoms with Gasteiger partial charge in [-0.3, -0.25) is 5.32 Å². The van der Waals surface area contributed by atoms with Gasteiger partial charge in [0.25, 0.3) is 0 Å². The zero-order valence-electron chi connectivity index (χ0n) is 13.9. The molecule has 9 heteroatoms. The first-order chi connectivity index (χ1) is 10.9. The van der Waals surface area contributed by atoms with Gasteiger partial charge in [-0.15, -0.1) is 0 Å². The number of amides is 1. The first-order valence-electron chi connectivity index (χ1n) is 6.80. The molecule has 7 nitrogen and oxygen atoms in total. The highest BCUT2D eigenvalue weighted by Gasteiger charge is 2.42. The van der Waals surface area contributed by atoms with Crippen molar-refractivity contribution in [3.8, 4) is 11.5 Å². The van der Waals surface area contributed by atoms with Crippen molar-refractivity contribution in [3.63, 3.8) is 0 Å². The minimum atomic E-state index is -4.18. The Hall–Kier alpha value is -2.58. The number of halogens is 2. The molecule has 24 heavy (non-hydrogen) atoms. The Morgan fingerprint density at radius 2 is 1.71 bits per heavy atom. The third kappa shape index (κ3) is 4.46. The van der Waals surface area contributed by atoms with E-state index in [4.69, 9.17) is 19.3 Å². The number of nitrogens with one attached hydrogen (secondary N) is 1. The molecule has 0 aromatic heterocycles. The monoisotopic (exact) mass is 347 g/mol. The number of benzene rings is 1. The summed E-state index contributed by atoms with van der Waals surface area (Å²) in [4.78, 5) is 22.6. The summed E-state index contributed by atoms with van der Waals surface area (Å²) in [6.07, 6.45) is -0.918. The Morgan fingerprint density at radius 3 is 2.12 bits per heavy atom. The van der Waals surface area contributed by atoms with Gasteiger partial charge in [0.1, 0.15) is 5.60 Å². The zero-order valence-corrected chi connectivity index (χ0v) is 13.9. The van der Waals surface area contributed by atoms with Gasteiger partial charge >= 0.3 is 18.0 Å². The summed E-state index contributed by atoms with van der Waals surface area (Å²) in [7, 11) is 2.44. The molecule has 0 bridgehead atoms. The van der Waals surface area contributed by atoms with Gasteiger partial charge in [-0.25, -0.2) is 9.59 Å². The third-order valence-electron chi connectivity index (χ3n) is 2.75. The van der Waals surface area contributed by atoms with E-state index in [0.29, 0.717) is 0 Å². The molecule has 0 aliphatic rings. The third-order valence-corrected chi connectivity index (χ3v) is 2.75. The van der Waals surface area contributed by atoms with Crippen LogP contribution in [0, 0.1) is 0 Å². The van der Waals surface area contributed by atoms with Crippen LogP contribution in [0.25, 0.3) is 0 Å². The highest BCUT2D eigenvalue weighted by atomic mass is 19.3. The minimum Gasteiger partial charge on any atom is -0.493 e. The summed E-state index contributed by atoms with van der Waals surface area (Å²) >= 11 is 0. The van der Waals surface area contributed by atoms with E-state index in [1.54, 1.807) is 20.8 Å². The summed E-state index contributed by atoms with van der Waals surface area (Å²) in [6, 6.07) is 1.62. The van der Waals surface area contributed by atoms with Crippen LogP contribution in [0.1, 0.15) is 26.3 Å². The van der Waals surface area contributed by atoms with E-state index in [1.807, 2.05) is 0 Å². The van der Waals surface area contributed by atoms with E-state index in [2.05, 4.69) is 5.32 Å². The number of ether oxygens (including phenoxy) is 3. The largest absolute Gasteiger partial charge is 0.493 e. The number of carboxylic acids is 1. The van der Waals surface area contributed by atoms with E-state index in [-0.39, 0.29) is 17.2 Å². The lowest BCUT2D eigenvalue weighted by Crippen LogP contribution is -2.28. The Balaban J connectivity index is 3.36. The molecule has 134 valence electrons. The van der Waals surface area contributed by atoms with E-state index < -0.39 is 29.1 Å². The molecule has 1 rings (SSSR count). The average molecular weight is 347 g/mol. The van der Waals surface area contributed by atoms with Gasteiger partial charge in [-0.05, 0) is 32.9 Å². The number of hydrogen-bond acceptors (Lipinski definition) is 5. The second kappa shape index (κ2) is 6.90. The number of alkyl halides is 2. The van der Waals surface area contributed by atoms with E-state index >= 15 is 0 Å². The Kier molecular flexibility index (Phi) is 5.59. The van der Waals surface area contributed by atoms with Gasteiger partial charge in [0, 0.05) is 5.56 Å². The molecule has 2 N–H and O–H groups in total. The molecule has 1 aromatic rings. The van der Waals surface area contributed by atoms with Crippen LogP contribution in [0.5, 0.6) is 11.5 Å². The Labute approximate surface area is 137 Å². The highest BCUT2D eigenvalue weighted by Crippen LogP contribution is 2.41. The molecule has 0 aliphatic carbocycles. The van der Waals surface area contributed by atoms with Gasteiger partial charge in [0.2, 0.25) is 0 Å². The van der Waals surface area contributed by atoms with Crippen molar-refractivity contribution >= 4 is 17.7 Å². The summed E-state index contributed by atoms with van der Waals surface area (Å²) in [5.74, 6) is -6.72. The van der Waals surface area contributed by atoms with Crippen LogP contribution in [-0.4, -0.2) is 37.0 Å². The maximum Gasteiger partial charge on any atom is 0.412 e. The predicted molar refractivity (Wildman–Crippen MR) is 80.9 cm³/mol. The molecule has 0 heterocycles. The molecular weight excluding hydrogens is 328 g/mol. The maximum atomic E-state index is 13.8. The second-order valence-corrected chi connectivity index (χ2v) is 5.77. The molecule has 0 aliphatic heterocycles. The Morgan fingerprint density at radius 1 is 1.12 bits per heavy atom. The maximum absolute atomic E-state index is 13.8. The number of hydrogen-bond donors (Lipinski definition) is 2. The highest BCUT2D eigenvalue weighted by molar-refractivity contribution is 5.89. The summed E-state index contributed by atoms with van der Waals surface area (Å²) < 4.78 is 42.6. The summed E-state index contributed by atoms with van der Waals surface area (Å²) in [6.45, 7) is 4.87. The lowest BCUT2D eigenvalue weighted by Gasteiger charge is -2.22. The normalized spacial score (nSPS) is 11.6. The number of aliphatic carboxylic acids is 1. The molecule has 0 radical (unpaired) electrons. The van der Waals surface area contributed by atoms with Crippen molar-refractivity contribution < 1.29 is 37.7 Å². The van der Waals surface area contributed by atoms with Crippen LogP contribution in [0.2, 0.25) is 0 Å². The van der Waals surface area contributed by atoms with E-state index in [0.717, 1.165) is 12.1 Å². The summed E-state index contributed by atoms with van der Waals surface area (Å²) in [5.41, 5.74) is -1.90. The van der Waals surface area contributed by atoms with Gasteiger partial charge in [-0.1, -0.05) is 0 Å². The lowest BCUT2D eigenvalue weighted by molar-refractivity contribution is -0.166. The van der Waals surface area contributed by atoms with E-state index in [1.165, 1.54) is 14.2 Å². The van der Waals surface area contributed by atoms with Crippen molar-refractivity contribution in [2.75, 3.05) is 19.5 Å². The number of methoxy groups -OCH3 is 2. The van der Waals surface area contributed by atoms with E-state index in [9.17, 15) is 18.4 Å². The zero-order chi connectivity index (χ0) is 18.7. The first-order valence-corrected chi connectivity index (χ1v) is 6.80. The molecular formula is C15H19F2NO6. The first kappa shape index (κ1) is 19.5. The summed E-state index contributed by atoms with van der Waals surface area (Å²) in [5, 5.41) is 10.9. The molecule has 1 amide bonds. The fraction of sp³-hybridized carbons (Fsp3) is 0.467. The quantitative estimate of drug-likeness (QED) is 0.849. The van der Waals surface area contributed by atoms with Crippen molar-refractivity contribution in [2.24, 2.45) is 0 Å². The average Bonchev–Trinajstić information content (AvgIpc) is 2.43. The van der Waals surface area contributed by atoms with Gasteiger partial charge in [-0.2, -0.15) is 8.78 Å². The van der Waals surface area contributed by atoms with Crippen molar-refractivity contribution in [3.05, 3.63) is 17.7 Å². The molecule has 0 spiro atoms. The van der Waals surface area contributed by atoms with Gasteiger partial charge < -0.3 is 19.3 Å². The number of carbonyl (C=O) groups excluding carboxylic acids is 1. The SMILES string of the molecule is COc1cc(C(F)(F)C(=O)O)cc(NC(=O)OC(C)(C)C)c1OC. The van der Waals surface area contributed by atoms with Crippen LogP contribution in [0.15, 0.2) is 12.1 Å². The topological polar surface area (TPSA) is 94.1 Å². The number of carbonyl (C=O) groups is 2. The smallest absolute Gasteiger partial charge is 0.412 e. The fourth-order valence-electron chi connectivity index (χ4n) is 1.78. The van der Waals surface area contributed by atoms with Crippen LogP contribution >= 0.6 is 0 Å². The number of carboxylic acid groups (broad SMARTS) is 1. The Bertz CT molecular complexity index is 640. The van der Waals surface area contributed by atoms with Crippen molar-refractivity contribution in [1.82, 2.24) is 0 Å². The predicted octanol–water partition coefficient (Wildman–Crippen LogP) is 3.23. The molecule has 0 atom stereocenters. The van der Waals surface area contributed by atoms with Gasteiger partial charge in [0.05, 0.1) is 19.9 Å². The molecule has 0 fully saturated rings. The van der Waals surface area contributed by atoms with Crippen LogP contribution in [0.4, 0.5) is 19.3 Å². The second-order valence-electron chi connectivity index (χ2n) is 5.77.